The highest BCUT2D eigenvalue weighted by Gasteiger charge is 2.20. The Morgan fingerprint density at radius 3 is 1.42 bits per heavy atom. The topological polar surface area (TPSA) is 20.3 Å². The molecule has 0 aromatic carbocycles. The van der Waals surface area contributed by atoms with Gasteiger partial charge in [-0.15, -0.1) is 0 Å². The van der Waals surface area contributed by atoms with Crippen LogP contribution in [0.3, 0.4) is 0 Å². The van der Waals surface area contributed by atoms with Crippen molar-refractivity contribution in [1.82, 2.24) is 4.90 Å². The van der Waals surface area contributed by atoms with E-state index in [4.69, 9.17) is 0 Å². The van der Waals surface area contributed by atoms with Crippen LogP contribution in [-0.2, 0) is 4.79 Å². The first-order valence-corrected chi connectivity index (χ1v) is 10.5. The maximum Gasteiger partial charge on any atom is 0.277 e. The Balaban J connectivity index is 4.11. The Hall–Kier alpha value is -0.570. The van der Waals surface area contributed by atoms with Crippen LogP contribution in [0.1, 0.15) is 90.9 Å². The van der Waals surface area contributed by atoms with E-state index in [1.807, 2.05) is 0 Å². The molecule has 0 aliphatic carbocycles. The summed E-state index contributed by atoms with van der Waals surface area (Å²) in [7, 11) is 6.31. The highest BCUT2D eigenvalue weighted by atomic mass is 16.2. The van der Waals surface area contributed by atoms with Gasteiger partial charge < -0.3 is 9.38 Å². The van der Waals surface area contributed by atoms with Crippen molar-refractivity contribution in [2.24, 2.45) is 0 Å². The molecule has 0 fully saturated rings. The first-order chi connectivity index (χ1) is 11.4. The van der Waals surface area contributed by atoms with Crippen LogP contribution in [0.4, 0.5) is 0 Å². The number of amides is 1. The summed E-state index contributed by atoms with van der Waals surface area (Å²) in [5.41, 5.74) is 0. The lowest BCUT2D eigenvalue weighted by molar-refractivity contribution is -0.862. The van der Waals surface area contributed by atoms with Crippen LogP contribution in [0.25, 0.3) is 0 Å². The van der Waals surface area contributed by atoms with Gasteiger partial charge in [-0.1, -0.05) is 78.1 Å². The third-order valence-corrected chi connectivity index (χ3v) is 4.53. The van der Waals surface area contributed by atoms with Gasteiger partial charge in [-0.2, -0.15) is 0 Å². The second-order valence-corrected chi connectivity index (χ2v) is 8.36. The SMILES string of the molecule is CCCCCCCCN(CCCCCCCC)C(=O)C[N+](C)(C)C. The summed E-state index contributed by atoms with van der Waals surface area (Å²) in [6.45, 7) is 7.04. The van der Waals surface area contributed by atoms with Crippen molar-refractivity contribution in [1.29, 1.82) is 0 Å². The molecule has 0 aromatic heterocycles. The number of carbonyl (C=O) groups is 1. The number of hydrogen-bond acceptors (Lipinski definition) is 1. The Morgan fingerprint density at radius 2 is 1.04 bits per heavy atom. The molecule has 0 radical (unpaired) electrons. The van der Waals surface area contributed by atoms with Crippen molar-refractivity contribution in [3.05, 3.63) is 0 Å². The molecule has 0 saturated carbocycles. The van der Waals surface area contributed by atoms with Gasteiger partial charge in [0.2, 0.25) is 0 Å². The predicted molar refractivity (Wildman–Crippen MR) is 106 cm³/mol. The van der Waals surface area contributed by atoms with Gasteiger partial charge in [-0.05, 0) is 12.8 Å². The quantitative estimate of drug-likeness (QED) is 0.278. The molecule has 0 rings (SSSR count). The maximum absolute atomic E-state index is 12.6. The molecule has 0 atom stereocenters. The van der Waals surface area contributed by atoms with E-state index in [2.05, 4.69) is 39.9 Å². The van der Waals surface area contributed by atoms with Crippen LogP contribution in [0, 0.1) is 0 Å². The van der Waals surface area contributed by atoms with E-state index in [1.54, 1.807) is 0 Å². The number of unbranched alkanes of at least 4 members (excludes halogenated alkanes) is 10. The van der Waals surface area contributed by atoms with Gasteiger partial charge in [0.25, 0.3) is 5.91 Å². The van der Waals surface area contributed by atoms with Crippen molar-refractivity contribution in [3.8, 4) is 0 Å². The number of hydrogen-bond donors (Lipinski definition) is 0. The zero-order valence-electron chi connectivity index (χ0n) is 17.4. The molecule has 0 heterocycles. The van der Waals surface area contributed by atoms with Crippen LogP contribution in [0.15, 0.2) is 0 Å². The summed E-state index contributed by atoms with van der Waals surface area (Å²) in [6, 6.07) is 0. The second-order valence-electron chi connectivity index (χ2n) is 8.36. The fourth-order valence-corrected chi connectivity index (χ4v) is 3.03. The normalized spacial score (nSPS) is 11.7. The molecule has 144 valence electrons. The Labute approximate surface area is 152 Å². The number of nitrogens with zero attached hydrogens (tertiary/aromatic N) is 2. The fourth-order valence-electron chi connectivity index (χ4n) is 3.03. The summed E-state index contributed by atoms with van der Waals surface area (Å²) in [5.74, 6) is 0.338. The molecular weight excluding hydrogens is 296 g/mol. The third kappa shape index (κ3) is 15.0. The monoisotopic (exact) mass is 341 g/mol. The largest absolute Gasteiger partial charge is 0.338 e. The van der Waals surface area contributed by atoms with Crippen molar-refractivity contribution < 1.29 is 9.28 Å². The van der Waals surface area contributed by atoms with Crippen molar-refractivity contribution in [2.45, 2.75) is 90.9 Å². The smallest absolute Gasteiger partial charge is 0.277 e. The van der Waals surface area contributed by atoms with E-state index in [0.717, 1.165) is 17.6 Å². The molecule has 0 aromatic rings. The minimum atomic E-state index is 0.338. The van der Waals surface area contributed by atoms with Gasteiger partial charge in [-0.25, -0.2) is 0 Å². The van der Waals surface area contributed by atoms with Crippen LogP contribution >= 0.6 is 0 Å². The molecule has 0 aliphatic rings. The zero-order chi connectivity index (χ0) is 18.3. The molecule has 3 nitrogen and oxygen atoms in total. The lowest BCUT2D eigenvalue weighted by Gasteiger charge is -2.28. The number of carbonyl (C=O) groups excluding carboxylic acids is 1. The lowest BCUT2D eigenvalue weighted by Crippen LogP contribution is -2.46. The highest BCUT2D eigenvalue weighted by Crippen LogP contribution is 2.10. The first-order valence-electron chi connectivity index (χ1n) is 10.5. The summed E-state index contributed by atoms with van der Waals surface area (Å²) in [4.78, 5) is 14.7. The third-order valence-electron chi connectivity index (χ3n) is 4.53. The Bertz CT molecular complexity index is 281. The molecule has 0 N–H and O–H groups in total. The van der Waals surface area contributed by atoms with Gasteiger partial charge in [-0.3, -0.25) is 4.79 Å². The van der Waals surface area contributed by atoms with E-state index in [0.29, 0.717) is 12.5 Å². The summed E-state index contributed by atoms with van der Waals surface area (Å²) in [5, 5.41) is 0. The molecule has 0 saturated heterocycles. The lowest BCUT2D eigenvalue weighted by atomic mass is 10.1. The van der Waals surface area contributed by atoms with Crippen LogP contribution < -0.4 is 0 Å². The molecule has 0 unspecified atom stereocenters. The molecule has 0 spiro atoms. The van der Waals surface area contributed by atoms with Crippen LogP contribution in [0.5, 0.6) is 0 Å². The number of rotatable bonds is 16. The highest BCUT2D eigenvalue weighted by molar-refractivity contribution is 5.77. The van der Waals surface area contributed by atoms with E-state index >= 15 is 0 Å². The van der Waals surface area contributed by atoms with Crippen LogP contribution in [-0.4, -0.2) is 56.1 Å². The molecule has 24 heavy (non-hydrogen) atoms. The maximum atomic E-state index is 12.6. The number of quaternary nitrogens is 1. The average molecular weight is 342 g/mol. The van der Waals surface area contributed by atoms with Crippen molar-refractivity contribution in [3.63, 3.8) is 0 Å². The predicted octanol–water partition coefficient (Wildman–Crippen LogP) is 5.24. The summed E-state index contributed by atoms with van der Waals surface area (Å²) in [6.07, 6.45) is 15.5. The van der Waals surface area contributed by atoms with E-state index < -0.39 is 0 Å². The van der Waals surface area contributed by atoms with Gasteiger partial charge in [0, 0.05) is 13.1 Å². The van der Waals surface area contributed by atoms with E-state index in [1.165, 1.54) is 77.0 Å². The Morgan fingerprint density at radius 1 is 0.667 bits per heavy atom. The van der Waals surface area contributed by atoms with Crippen molar-refractivity contribution >= 4 is 5.91 Å². The fraction of sp³-hybridized carbons (Fsp3) is 0.952. The molecular formula is C21H45N2O+. The first kappa shape index (κ1) is 23.4. The standard InChI is InChI=1S/C21H45N2O/c1-6-8-10-12-14-16-18-22(21(24)20-23(3,4)5)19-17-15-13-11-9-7-2/h6-20H2,1-5H3/q+1. The molecule has 3 heteroatoms. The van der Waals surface area contributed by atoms with E-state index in [-0.39, 0.29) is 0 Å². The van der Waals surface area contributed by atoms with Gasteiger partial charge >= 0.3 is 0 Å². The van der Waals surface area contributed by atoms with E-state index in [9.17, 15) is 4.79 Å². The van der Waals surface area contributed by atoms with Gasteiger partial charge in [0.1, 0.15) is 0 Å². The van der Waals surface area contributed by atoms with Gasteiger partial charge in [0.15, 0.2) is 6.54 Å². The minimum Gasteiger partial charge on any atom is -0.338 e. The minimum absolute atomic E-state index is 0.338. The van der Waals surface area contributed by atoms with Gasteiger partial charge in [0.05, 0.1) is 21.1 Å². The van der Waals surface area contributed by atoms with Crippen LogP contribution in [0.2, 0.25) is 0 Å². The zero-order valence-corrected chi connectivity index (χ0v) is 17.4. The molecule has 1 amide bonds. The van der Waals surface area contributed by atoms with Crippen molar-refractivity contribution in [2.75, 3.05) is 40.8 Å². The molecule has 0 bridgehead atoms. The molecule has 0 aliphatic heterocycles. The Kier molecular flexibility index (Phi) is 14.4. The average Bonchev–Trinajstić information content (AvgIpc) is 2.50. The summed E-state index contributed by atoms with van der Waals surface area (Å²) < 4.78 is 0.725. The second kappa shape index (κ2) is 14.7. The number of likely N-dealkylation sites (N-methyl/N-ethyl adjacent to an activating group) is 1. The summed E-state index contributed by atoms with van der Waals surface area (Å²) >= 11 is 0.